The fraction of sp³-hybridized carbons (Fsp3) is 0.167. The van der Waals surface area contributed by atoms with Gasteiger partial charge in [0.15, 0.2) is 17.3 Å². The van der Waals surface area contributed by atoms with Crippen molar-refractivity contribution in [3.63, 3.8) is 0 Å². The summed E-state index contributed by atoms with van der Waals surface area (Å²) in [7, 11) is 1.38. The Kier molecular flexibility index (Phi) is 4.10. The number of para-hydroxylation sites is 1. The maximum atomic E-state index is 12.7. The summed E-state index contributed by atoms with van der Waals surface area (Å²) in [6, 6.07) is 12.1. The van der Waals surface area contributed by atoms with Crippen molar-refractivity contribution in [3.8, 4) is 11.5 Å². The summed E-state index contributed by atoms with van der Waals surface area (Å²) in [4.78, 5) is 12.4. The maximum Gasteiger partial charge on any atom is 0.387 e. The van der Waals surface area contributed by atoms with Crippen molar-refractivity contribution in [2.45, 2.75) is 13.0 Å². The predicted molar refractivity (Wildman–Crippen MR) is 82.1 cm³/mol. The number of hydrogen-bond acceptors (Lipinski definition) is 3. The first-order valence-corrected chi connectivity index (χ1v) is 7.05. The summed E-state index contributed by atoms with van der Waals surface area (Å²) >= 11 is 0. The molecule has 0 aromatic heterocycles. The molecule has 2 aromatic carbocycles. The quantitative estimate of drug-likeness (QED) is 0.796. The van der Waals surface area contributed by atoms with Crippen molar-refractivity contribution in [2.75, 3.05) is 7.11 Å². The molecule has 0 bridgehead atoms. The number of Topliss-reactive ketones (excluding diaryl/α,β-unsaturated/α-hetero) is 1. The molecule has 0 unspecified atom stereocenters. The molecule has 0 atom stereocenters. The maximum absolute atomic E-state index is 12.7. The molecule has 0 saturated heterocycles. The van der Waals surface area contributed by atoms with Gasteiger partial charge < -0.3 is 9.47 Å². The molecule has 3 nitrogen and oxygen atoms in total. The third-order valence-electron chi connectivity index (χ3n) is 3.70. The monoisotopic (exact) mass is 316 g/mol. The number of alkyl halides is 2. The standard InChI is InChI=1S/C18H14F2O3/c1-22-15-8-4-6-12(17(15)23-18(19)20)10-13-9-11-5-2-3-7-14(11)16(13)21/h2-8,10,18H,9H2,1H3. The van der Waals surface area contributed by atoms with Crippen LogP contribution in [0.3, 0.4) is 0 Å². The van der Waals surface area contributed by atoms with Crippen molar-refractivity contribution in [2.24, 2.45) is 0 Å². The van der Waals surface area contributed by atoms with Gasteiger partial charge in [-0.1, -0.05) is 36.4 Å². The molecule has 0 N–H and O–H groups in total. The highest BCUT2D eigenvalue weighted by Gasteiger charge is 2.25. The van der Waals surface area contributed by atoms with Gasteiger partial charge in [-0.3, -0.25) is 4.79 Å². The first-order chi connectivity index (χ1) is 11.1. The second-order valence-corrected chi connectivity index (χ2v) is 5.09. The number of ether oxygens (including phenoxy) is 2. The molecule has 118 valence electrons. The summed E-state index contributed by atoms with van der Waals surface area (Å²) in [6.07, 6.45) is 2.06. The van der Waals surface area contributed by atoms with Crippen LogP contribution in [0.1, 0.15) is 21.5 Å². The summed E-state index contributed by atoms with van der Waals surface area (Å²) in [5, 5.41) is 0. The van der Waals surface area contributed by atoms with Gasteiger partial charge in [0.2, 0.25) is 0 Å². The first kappa shape index (κ1) is 15.2. The molecule has 23 heavy (non-hydrogen) atoms. The zero-order valence-corrected chi connectivity index (χ0v) is 12.4. The van der Waals surface area contributed by atoms with Gasteiger partial charge in [-0.05, 0) is 17.7 Å². The van der Waals surface area contributed by atoms with E-state index in [2.05, 4.69) is 4.74 Å². The van der Waals surface area contributed by atoms with Crippen molar-refractivity contribution >= 4 is 11.9 Å². The normalized spacial score (nSPS) is 15.1. The summed E-state index contributed by atoms with van der Waals surface area (Å²) in [6.45, 7) is -2.97. The molecule has 0 spiro atoms. The smallest absolute Gasteiger partial charge is 0.387 e. The molecule has 0 radical (unpaired) electrons. The lowest BCUT2D eigenvalue weighted by molar-refractivity contribution is -0.0513. The number of carbonyl (C=O) groups is 1. The molecule has 1 aliphatic carbocycles. The molecule has 2 aromatic rings. The van der Waals surface area contributed by atoms with Crippen molar-refractivity contribution in [1.29, 1.82) is 0 Å². The fourth-order valence-corrected chi connectivity index (χ4v) is 2.68. The van der Waals surface area contributed by atoms with E-state index >= 15 is 0 Å². The van der Waals surface area contributed by atoms with E-state index in [1.807, 2.05) is 12.1 Å². The number of hydrogen-bond donors (Lipinski definition) is 0. The SMILES string of the molecule is COc1cccc(C=C2Cc3ccccc3C2=O)c1OC(F)F. The van der Waals surface area contributed by atoms with Crippen LogP contribution in [0.4, 0.5) is 8.78 Å². The Morgan fingerprint density at radius 3 is 2.61 bits per heavy atom. The van der Waals surface area contributed by atoms with Gasteiger partial charge in [-0.25, -0.2) is 0 Å². The van der Waals surface area contributed by atoms with E-state index in [0.717, 1.165) is 5.56 Å². The number of ketones is 1. The molecular weight excluding hydrogens is 302 g/mol. The number of halogens is 2. The van der Waals surface area contributed by atoms with E-state index in [0.29, 0.717) is 23.1 Å². The number of carbonyl (C=O) groups excluding carboxylic acids is 1. The summed E-state index contributed by atoms with van der Waals surface area (Å²) in [5.41, 5.74) is 2.51. The molecule has 0 fully saturated rings. The van der Waals surface area contributed by atoms with Crippen molar-refractivity contribution in [1.82, 2.24) is 0 Å². The lowest BCUT2D eigenvalue weighted by Gasteiger charge is -2.12. The van der Waals surface area contributed by atoms with E-state index in [1.165, 1.54) is 13.2 Å². The minimum Gasteiger partial charge on any atom is -0.493 e. The van der Waals surface area contributed by atoms with Gasteiger partial charge in [0.1, 0.15) is 0 Å². The van der Waals surface area contributed by atoms with Gasteiger partial charge in [0, 0.05) is 23.1 Å². The molecule has 0 heterocycles. The Balaban J connectivity index is 2.02. The number of fused-ring (bicyclic) bond motifs is 1. The van der Waals surface area contributed by atoms with Crippen LogP contribution in [0.25, 0.3) is 6.08 Å². The van der Waals surface area contributed by atoms with Crippen molar-refractivity contribution in [3.05, 3.63) is 64.7 Å². The van der Waals surface area contributed by atoms with Crippen LogP contribution in [-0.2, 0) is 6.42 Å². The Morgan fingerprint density at radius 1 is 1.13 bits per heavy atom. The van der Waals surface area contributed by atoms with Crippen LogP contribution < -0.4 is 9.47 Å². The minimum absolute atomic E-state index is 0.0683. The summed E-state index contributed by atoms with van der Waals surface area (Å²) in [5.74, 6) is 0.0373. The Labute approximate surface area is 132 Å². The third-order valence-corrected chi connectivity index (χ3v) is 3.70. The van der Waals surface area contributed by atoms with Crippen LogP contribution >= 0.6 is 0 Å². The largest absolute Gasteiger partial charge is 0.493 e. The second kappa shape index (κ2) is 6.20. The third kappa shape index (κ3) is 2.95. The van der Waals surface area contributed by atoms with Gasteiger partial charge in [-0.15, -0.1) is 0 Å². The van der Waals surface area contributed by atoms with Gasteiger partial charge in [0.05, 0.1) is 7.11 Å². The predicted octanol–water partition coefficient (Wildman–Crippen LogP) is 4.12. The molecular formula is C18H14F2O3. The Hall–Kier alpha value is -2.69. The van der Waals surface area contributed by atoms with E-state index < -0.39 is 6.61 Å². The van der Waals surface area contributed by atoms with E-state index in [1.54, 1.807) is 30.3 Å². The topological polar surface area (TPSA) is 35.5 Å². The van der Waals surface area contributed by atoms with Crippen LogP contribution in [0.2, 0.25) is 0 Å². The minimum atomic E-state index is -2.97. The molecule has 1 aliphatic rings. The summed E-state index contributed by atoms with van der Waals surface area (Å²) < 4.78 is 35.0. The van der Waals surface area contributed by atoms with Crippen LogP contribution in [0.15, 0.2) is 48.0 Å². The van der Waals surface area contributed by atoms with Gasteiger partial charge in [-0.2, -0.15) is 8.78 Å². The van der Waals surface area contributed by atoms with E-state index in [9.17, 15) is 13.6 Å². The first-order valence-electron chi connectivity index (χ1n) is 7.05. The van der Waals surface area contributed by atoms with Crippen LogP contribution in [0, 0.1) is 0 Å². The highest BCUT2D eigenvalue weighted by Crippen LogP contribution is 2.36. The fourth-order valence-electron chi connectivity index (χ4n) is 2.68. The lowest BCUT2D eigenvalue weighted by atomic mass is 10.1. The molecule has 0 amide bonds. The lowest BCUT2D eigenvalue weighted by Crippen LogP contribution is -2.05. The number of methoxy groups -OCH3 is 1. The highest BCUT2D eigenvalue weighted by atomic mass is 19.3. The van der Waals surface area contributed by atoms with E-state index in [-0.39, 0.29) is 17.3 Å². The van der Waals surface area contributed by atoms with Crippen LogP contribution in [-0.4, -0.2) is 19.5 Å². The average Bonchev–Trinajstić information content (AvgIpc) is 2.85. The highest BCUT2D eigenvalue weighted by molar-refractivity contribution is 6.15. The number of benzene rings is 2. The molecule has 0 aliphatic heterocycles. The van der Waals surface area contributed by atoms with E-state index in [4.69, 9.17) is 4.74 Å². The van der Waals surface area contributed by atoms with Crippen molar-refractivity contribution < 1.29 is 23.0 Å². The average molecular weight is 316 g/mol. The van der Waals surface area contributed by atoms with Gasteiger partial charge in [0.25, 0.3) is 0 Å². The zero-order chi connectivity index (χ0) is 16.4. The number of allylic oxidation sites excluding steroid dienone is 1. The van der Waals surface area contributed by atoms with Gasteiger partial charge >= 0.3 is 6.61 Å². The van der Waals surface area contributed by atoms with Crippen LogP contribution in [0.5, 0.6) is 11.5 Å². The molecule has 3 rings (SSSR count). The Morgan fingerprint density at radius 2 is 1.91 bits per heavy atom. The second-order valence-electron chi connectivity index (χ2n) is 5.09. The number of rotatable bonds is 4. The molecule has 0 saturated carbocycles. The Bertz CT molecular complexity index is 782. The zero-order valence-electron chi connectivity index (χ0n) is 12.4. The molecule has 5 heteroatoms.